The molecule has 0 aliphatic heterocycles. The van der Waals surface area contributed by atoms with Crippen molar-refractivity contribution in [2.45, 2.75) is 30.6 Å². The highest BCUT2D eigenvalue weighted by Gasteiger charge is 2.23. The number of esters is 1. The average molecular weight is 271 g/mol. The third-order valence-corrected chi connectivity index (χ3v) is 3.24. The molecule has 1 aromatic rings. The van der Waals surface area contributed by atoms with E-state index in [1.54, 1.807) is 0 Å². The quantitative estimate of drug-likeness (QED) is 0.535. The fraction of sp³-hybridized carbons (Fsp3) is 0.667. The Hall–Kier alpha value is -1.64. The van der Waals surface area contributed by atoms with E-state index in [9.17, 15) is 9.59 Å². The smallest absolute Gasteiger partial charge is 0.327 e. The average Bonchev–Trinajstić information content (AvgIpc) is 3.05. The summed E-state index contributed by atoms with van der Waals surface area (Å²) in [5.74, 6) is -0.250. The van der Waals surface area contributed by atoms with Crippen LogP contribution in [0.25, 0.3) is 0 Å². The van der Waals surface area contributed by atoms with Gasteiger partial charge < -0.3 is 10.1 Å². The normalized spacial score (nSPS) is 14.3. The molecule has 98 valence electrons. The molecule has 1 heterocycles. The number of ether oxygens (including phenoxy) is 1. The summed E-state index contributed by atoms with van der Waals surface area (Å²) >= 11 is 1.19. The number of rotatable bonds is 6. The molecule has 1 aliphatic carbocycles. The standard InChI is InChI=1S/C9H13N5O3S/c1-17-8(16)4-14-9(11-12-13-14)18-5-7(15)10-6-2-3-6/h6H,2-5H2,1H3,(H,10,15). The first-order chi connectivity index (χ1) is 8.69. The van der Waals surface area contributed by atoms with Crippen molar-refractivity contribution in [3.05, 3.63) is 0 Å². The zero-order valence-electron chi connectivity index (χ0n) is 9.83. The highest BCUT2D eigenvalue weighted by molar-refractivity contribution is 7.99. The summed E-state index contributed by atoms with van der Waals surface area (Å²) in [6.45, 7) is -0.0594. The van der Waals surface area contributed by atoms with E-state index in [1.165, 1.54) is 23.6 Å². The maximum Gasteiger partial charge on any atom is 0.327 e. The van der Waals surface area contributed by atoms with Crippen LogP contribution in [-0.4, -0.2) is 51.0 Å². The Morgan fingerprint density at radius 2 is 2.33 bits per heavy atom. The molecule has 0 unspecified atom stereocenters. The van der Waals surface area contributed by atoms with Crippen LogP contribution in [0.5, 0.6) is 0 Å². The molecule has 1 saturated carbocycles. The van der Waals surface area contributed by atoms with Crippen LogP contribution in [-0.2, 0) is 20.9 Å². The lowest BCUT2D eigenvalue weighted by Crippen LogP contribution is -2.27. The van der Waals surface area contributed by atoms with E-state index in [-0.39, 0.29) is 18.2 Å². The summed E-state index contributed by atoms with van der Waals surface area (Å²) in [6.07, 6.45) is 2.10. The maximum atomic E-state index is 11.5. The molecule has 0 bridgehead atoms. The first kappa shape index (κ1) is 12.8. The van der Waals surface area contributed by atoms with Gasteiger partial charge in [-0.05, 0) is 23.3 Å². The van der Waals surface area contributed by atoms with E-state index in [1.807, 2.05) is 0 Å². The van der Waals surface area contributed by atoms with Gasteiger partial charge in [-0.3, -0.25) is 9.59 Å². The van der Waals surface area contributed by atoms with E-state index in [0.717, 1.165) is 12.8 Å². The predicted molar refractivity (Wildman–Crippen MR) is 61.7 cm³/mol. The molecule has 0 spiro atoms. The van der Waals surface area contributed by atoms with Gasteiger partial charge in [-0.2, -0.15) is 0 Å². The minimum atomic E-state index is -0.438. The highest BCUT2D eigenvalue weighted by atomic mass is 32.2. The minimum absolute atomic E-state index is 0.0462. The number of carbonyl (C=O) groups is 2. The zero-order chi connectivity index (χ0) is 13.0. The Labute approximate surface area is 107 Å². The van der Waals surface area contributed by atoms with E-state index in [4.69, 9.17) is 0 Å². The fourth-order valence-corrected chi connectivity index (χ4v) is 1.90. The van der Waals surface area contributed by atoms with Crippen LogP contribution in [0, 0.1) is 0 Å². The van der Waals surface area contributed by atoms with Gasteiger partial charge in [0.25, 0.3) is 0 Å². The lowest BCUT2D eigenvalue weighted by atomic mass is 10.6. The van der Waals surface area contributed by atoms with E-state index in [2.05, 4.69) is 25.6 Å². The Bertz CT molecular complexity index is 445. The lowest BCUT2D eigenvalue weighted by Gasteiger charge is -2.03. The molecule has 1 aliphatic rings. The molecule has 8 nitrogen and oxygen atoms in total. The van der Waals surface area contributed by atoms with Crippen LogP contribution in [0.3, 0.4) is 0 Å². The molecule has 0 radical (unpaired) electrons. The third kappa shape index (κ3) is 3.69. The number of methoxy groups -OCH3 is 1. The van der Waals surface area contributed by atoms with Gasteiger partial charge in [-0.1, -0.05) is 11.8 Å². The second-order valence-electron chi connectivity index (χ2n) is 3.83. The molecule has 1 fully saturated rings. The Morgan fingerprint density at radius 3 is 3.00 bits per heavy atom. The Balaban J connectivity index is 1.82. The lowest BCUT2D eigenvalue weighted by molar-refractivity contribution is -0.141. The van der Waals surface area contributed by atoms with Crippen LogP contribution in [0.4, 0.5) is 0 Å². The second-order valence-corrected chi connectivity index (χ2v) is 4.77. The van der Waals surface area contributed by atoms with Crippen molar-refractivity contribution in [3.8, 4) is 0 Å². The van der Waals surface area contributed by atoms with E-state index < -0.39 is 5.97 Å². The molecule has 1 N–H and O–H groups in total. The van der Waals surface area contributed by atoms with Crippen molar-refractivity contribution in [2.24, 2.45) is 0 Å². The molecule has 0 saturated heterocycles. The van der Waals surface area contributed by atoms with Gasteiger partial charge >= 0.3 is 5.97 Å². The topological polar surface area (TPSA) is 99.0 Å². The number of hydrogen-bond acceptors (Lipinski definition) is 7. The van der Waals surface area contributed by atoms with Crippen LogP contribution >= 0.6 is 11.8 Å². The van der Waals surface area contributed by atoms with Crippen molar-refractivity contribution >= 4 is 23.6 Å². The summed E-state index contributed by atoms with van der Waals surface area (Å²) < 4.78 is 5.83. The van der Waals surface area contributed by atoms with Crippen molar-refractivity contribution in [2.75, 3.05) is 12.9 Å². The maximum absolute atomic E-state index is 11.5. The second kappa shape index (κ2) is 5.80. The van der Waals surface area contributed by atoms with Gasteiger partial charge in [0.05, 0.1) is 12.9 Å². The molecular formula is C9H13N5O3S. The molecule has 0 atom stereocenters. The van der Waals surface area contributed by atoms with Gasteiger partial charge in [0.15, 0.2) is 0 Å². The number of thioether (sulfide) groups is 1. The SMILES string of the molecule is COC(=O)Cn1nnnc1SCC(=O)NC1CC1. The van der Waals surface area contributed by atoms with Crippen molar-refractivity contribution < 1.29 is 14.3 Å². The van der Waals surface area contributed by atoms with E-state index in [0.29, 0.717) is 11.2 Å². The molecule has 2 rings (SSSR count). The summed E-state index contributed by atoms with van der Waals surface area (Å²) in [4.78, 5) is 22.6. The molecule has 1 amide bonds. The summed E-state index contributed by atoms with van der Waals surface area (Å²) in [7, 11) is 1.29. The highest BCUT2D eigenvalue weighted by Crippen LogP contribution is 2.19. The van der Waals surface area contributed by atoms with Crippen molar-refractivity contribution in [1.29, 1.82) is 0 Å². The minimum Gasteiger partial charge on any atom is -0.468 e. The van der Waals surface area contributed by atoms with Crippen LogP contribution in [0.2, 0.25) is 0 Å². The van der Waals surface area contributed by atoms with Crippen LogP contribution in [0.1, 0.15) is 12.8 Å². The summed E-state index contributed by atoms with van der Waals surface area (Å²) in [5.41, 5.74) is 0. The molecule has 0 aromatic carbocycles. The number of hydrogen-bond donors (Lipinski definition) is 1. The first-order valence-electron chi connectivity index (χ1n) is 5.44. The van der Waals surface area contributed by atoms with Gasteiger partial charge in [0.1, 0.15) is 6.54 Å². The largest absolute Gasteiger partial charge is 0.468 e. The van der Waals surface area contributed by atoms with Crippen LogP contribution < -0.4 is 5.32 Å². The number of amides is 1. The Kier molecular flexibility index (Phi) is 4.13. The number of nitrogens with zero attached hydrogens (tertiary/aromatic N) is 4. The number of nitrogens with one attached hydrogen (secondary N) is 1. The third-order valence-electron chi connectivity index (χ3n) is 2.28. The number of aromatic nitrogens is 4. The number of carbonyl (C=O) groups excluding carboxylic acids is 2. The van der Waals surface area contributed by atoms with Crippen molar-refractivity contribution in [3.63, 3.8) is 0 Å². The van der Waals surface area contributed by atoms with Gasteiger partial charge in [0.2, 0.25) is 11.1 Å². The summed E-state index contributed by atoms with van der Waals surface area (Å²) in [5, 5.41) is 14.1. The zero-order valence-corrected chi connectivity index (χ0v) is 10.6. The predicted octanol–water partition coefficient (Wildman–Crippen LogP) is -0.783. The molecule has 9 heteroatoms. The fourth-order valence-electron chi connectivity index (χ4n) is 1.21. The summed E-state index contributed by atoms with van der Waals surface area (Å²) in [6, 6.07) is 0.337. The molecule has 18 heavy (non-hydrogen) atoms. The number of tetrazole rings is 1. The Morgan fingerprint density at radius 1 is 1.56 bits per heavy atom. The molecular weight excluding hydrogens is 258 g/mol. The van der Waals surface area contributed by atoms with Gasteiger partial charge in [-0.25, -0.2) is 4.68 Å². The van der Waals surface area contributed by atoms with Crippen molar-refractivity contribution in [1.82, 2.24) is 25.5 Å². The molecule has 1 aromatic heterocycles. The van der Waals surface area contributed by atoms with Gasteiger partial charge in [0, 0.05) is 6.04 Å². The first-order valence-corrected chi connectivity index (χ1v) is 6.42. The monoisotopic (exact) mass is 271 g/mol. The van der Waals surface area contributed by atoms with Crippen LogP contribution in [0.15, 0.2) is 5.16 Å². The van der Waals surface area contributed by atoms with E-state index >= 15 is 0 Å². The van der Waals surface area contributed by atoms with Gasteiger partial charge in [-0.15, -0.1) is 5.10 Å².